The first-order valence-electron chi connectivity index (χ1n) is 5.99. The molecule has 17 heavy (non-hydrogen) atoms. The maximum atomic E-state index is 5.71. The molecule has 0 aromatic carbocycles. The second-order valence-corrected chi connectivity index (χ2v) is 4.28. The summed E-state index contributed by atoms with van der Waals surface area (Å²) in [5, 5.41) is 7.69. The van der Waals surface area contributed by atoms with Gasteiger partial charge in [0, 0.05) is 18.8 Å². The molecule has 4 heteroatoms. The van der Waals surface area contributed by atoms with Crippen molar-refractivity contribution in [3.8, 4) is 0 Å². The number of hydrogen-bond donors (Lipinski definition) is 1. The van der Waals surface area contributed by atoms with Crippen LogP contribution >= 0.6 is 0 Å². The minimum absolute atomic E-state index is 0.0948. The molecule has 0 radical (unpaired) electrons. The summed E-state index contributed by atoms with van der Waals surface area (Å²) in [6.07, 6.45) is 4.99. The first-order valence-corrected chi connectivity index (χ1v) is 5.99. The Kier molecular flexibility index (Phi) is 3.64. The first-order chi connectivity index (χ1) is 8.20. The molecule has 4 nitrogen and oxygen atoms in total. The lowest BCUT2D eigenvalue weighted by Gasteiger charge is -2.14. The van der Waals surface area contributed by atoms with Crippen LogP contribution in [0.2, 0.25) is 0 Å². The summed E-state index contributed by atoms with van der Waals surface area (Å²) in [5.41, 5.74) is 1.13. The Bertz CT molecular complexity index is 432. The van der Waals surface area contributed by atoms with Crippen molar-refractivity contribution < 1.29 is 4.42 Å². The van der Waals surface area contributed by atoms with Crippen molar-refractivity contribution in [1.82, 2.24) is 15.1 Å². The number of aryl methyl sites for hydroxylation is 2. The Morgan fingerprint density at radius 1 is 1.47 bits per heavy atom. The van der Waals surface area contributed by atoms with Crippen LogP contribution in [0.25, 0.3) is 0 Å². The molecule has 0 saturated heterocycles. The fourth-order valence-corrected chi connectivity index (χ4v) is 1.87. The van der Waals surface area contributed by atoms with Gasteiger partial charge in [0.15, 0.2) is 0 Å². The van der Waals surface area contributed by atoms with Crippen molar-refractivity contribution in [2.45, 2.75) is 26.3 Å². The lowest BCUT2D eigenvalue weighted by atomic mass is 10.1. The van der Waals surface area contributed by atoms with E-state index in [0.29, 0.717) is 0 Å². The number of nitrogens with zero attached hydrogens (tertiary/aromatic N) is 2. The van der Waals surface area contributed by atoms with Crippen molar-refractivity contribution >= 4 is 0 Å². The highest BCUT2D eigenvalue weighted by atomic mass is 16.3. The molecule has 1 unspecified atom stereocenters. The number of hydrogen-bond acceptors (Lipinski definition) is 3. The van der Waals surface area contributed by atoms with Crippen LogP contribution in [0, 0.1) is 6.92 Å². The average molecular weight is 233 g/mol. The number of furan rings is 1. The monoisotopic (exact) mass is 233 g/mol. The highest BCUT2D eigenvalue weighted by Gasteiger charge is 2.18. The van der Waals surface area contributed by atoms with Gasteiger partial charge in [0.05, 0.1) is 12.2 Å². The normalized spacial score (nSPS) is 12.9. The van der Waals surface area contributed by atoms with Crippen molar-refractivity contribution in [3.63, 3.8) is 0 Å². The van der Waals surface area contributed by atoms with E-state index in [9.17, 15) is 0 Å². The summed E-state index contributed by atoms with van der Waals surface area (Å²) < 4.78 is 7.52. The standard InChI is InChI=1S/C13H19N3O/c1-4-7-14-13(11-8-15-16(3)9-11)12-6-5-10(2)17-12/h5-6,8-9,13-14H,4,7H2,1-3H3. The Morgan fingerprint density at radius 2 is 2.29 bits per heavy atom. The van der Waals surface area contributed by atoms with E-state index in [1.54, 1.807) is 0 Å². The predicted molar refractivity (Wildman–Crippen MR) is 66.8 cm³/mol. The minimum Gasteiger partial charge on any atom is -0.464 e. The number of aromatic nitrogens is 2. The van der Waals surface area contributed by atoms with E-state index in [-0.39, 0.29) is 6.04 Å². The van der Waals surface area contributed by atoms with E-state index in [4.69, 9.17) is 4.42 Å². The van der Waals surface area contributed by atoms with E-state index < -0.39 is 0 Å². The summed E-state index contributed by atoms with van der Waals surface area (Å²) in [6.45, 7) is 5.07. The van der Waals surface area contributed by atoms with Gasteiger partial charge in [0.2, 0.25) is 0 Å². The van der Waals surface area contributed by atoms with Crippen LogP contribution in [0.1, 0.15) is 36.5 Å². The Morgan fingerprint density at radius 3 is 2.82 bits per heavy atom. The molecular formula is C13H19N3O. The molecule has 0 fully saturated rings. The van der Waals surface area contributed by atoms with Gasteiger partial charge in [-0.1, -0.05) is 6.92 Å². The lowest BCUT2D eigenvalue weighted by Crippen LogP contribution is -2.22. The summed E-state index contributed by atoms with van der Waals surface area (Å²) in [7, 11) is 1.92. The Labute approximate surface area is 102 Å². The fraction of sp³-hybridized carbons (Fsp3) is 0.462. The summed E-state index contributed by atoms with van der Waals surface area (Å²) in [6, 6.07) is 4.11. The van der Waals surface area contributed by atoms with Crippen LogP contribution in [0.5, 0.6) is 0 Å². The third-order valence-electron chi connectivity index (χ3n) is 2.70. The van der Waals surface area contributed by atoms with Crippen LogP contribution in [0.4, 0.5) is 0 Å². The zero-order valence-electron chi connectivity index (χ0n) is 10.6. The van der Waals surface area contributed by atoms with Gasteiger partial charge in [-0.25, -0.2) is 0 Å². The largest absolute Gasteiger partial charge is 0.464 e. The Hall–Kier alpha value is -1.55. The molecule has 2 aromatic rings. The second kappa shape index (κ2) is 5.19. The summed E-state index contributed by atoms with van der Waals surface area (Å²) in [5.74, 6) is 1.89. The molecule has 0 aliphatic carbocycles. The number of rotatable bonds is 5. The van der Waals surface area contributed by atoms with Gasteiger partial charge in [-0.2, -0.15) is 5.10 Å². The third kappa shape index (κ3) is 2.77. The molecule has 1 N–H and O–H groups in total. The van der Waals surface area contributed by atoms with E-state index in [1.807, 2.05) is 43.2 Å². The molecule has 92 valence electrons. The van der Waals surface area contributed by atoms with E-state index in [1.165, 1.54) is 0 Å². The molecule has 2 heterocycles. The predicted octanol–water partition coefficient (Wildman–Crippen LogP) is 2.41. The van der Waals surface area contributed by atoms with E-state index in [0.717, 1.165) is 30.0 Å². The van der Waals surface area contributed by atoms with Crippen molar-refractivity contribution in [2.75, 3.05) is 6.54 Å². The zero-order chi connectivity index (χ0) is 12.3. The van der Waals surface area contributed by atoms with Gasteiger partial charge < -0.3 is 9.73 Å². The molecule has 0 amide bonds. The molecule has 0 aliphatic heterocycles. The van der Waals surface area contributed by atoms with Crippen molar-refractivity contribution in [2.24, 2.45) is 7.05 Å². The topological polar surface area (TPSA) is 43.0 Å². The van der Waals surface area contributed by atoms with Crippen LogP contribution < -0.4 is 5.32 Å². The molecule has 0 spiro atoms. The van der Waals surface area contributed by atoms with Crippen molar-refractivity contribution in [1.29, 1.82) is 0 Å². The first kappa shape index (κ1) is 11.9. The Balaban J connectivity index is 2.24. The second-order valence-electron chi connectivity index (χ2n) is 4.28. The van der Waals surface area contributed by atoms with Crippen LogP contribution in [0.15, 0.2) is 28.9 Å². The summed E-state index contributed by atoms with van der Waals surface area (Å²) >= 11 is 0. The van der Waals surface area contributed by atoms with Gasteiger partial charge in [-0.05, 0) is 32.0 Å². The number of nitrogens with one attached hydrogen (secondary N) is 1. The summed E-state index contributed by atoms with van der Waals surface area (Å²) in [4.78, 5) is 0. The molecule has 0 aliphatic rings. The van der Waals surface area contributed by atoms with Crippen molar-refractivity contribution in [3.05, 3.63) is 41.6 Å². The minimum atomic E-state index is 0.0948. The van der Waals surface area contributed by atoms with Crippen LogP contribution in [0.3, 0.4) is 0 Å². The van der Waals surface area contributed by atoms with Crippen LogP contribution in [-0.4, -0.2) is 16.3 Å². The quantitative estimate of drug-likeness (QED) is 0.862. The molecule has 0 bridgehead atoms. The maximum absolute atomic E-state index is 5.71. The highest BCUT2D eigenvalue weighted by molar-refractivity contribution is 5.23. The van der Waals surface area contributed by atoms with Gasteiger partial charge in [0.25, 0.3) is 0 Å². The third-order valence-corrected chi connectivity index (χ3v) is 2.70. The van der Waals surface area contributed by atoms with Gasteiger partial charge >= 0.3 is 0 Å². The van der Waals surface area contributed by atoms with Gasteiger partial charge in [0.1, 0.15) is 11.5 Å². The smallest absolute Gasteiger partial charge is 0.125 e. The molecule has 2 rings (SSSR count). The van der Waals surface area contributed by atoms with E-state index >= 15 is 0 Å². The lowest BCUT2D eigenvalue weighted by molar-refractivity contribution is 0.430. The van der Waals surface area contributed by atoms with E-state index in [2.05, 4.69) is 17.3 Å². The molecular weight excluding hydrogens is 214 g/mol. The average Bonchev–Trinajstić information content (AvgIpc) is 2.89. The van der Waals surface area contributed by atoms with Gasteiger partial charge in [-0.15, -0.1) is 0 Å². The SMILES string of the molecule is CCCNC(c1cnn(C)c1)c1ccc(C)o1. The molecule has 0 saturated carbocycles. The van der Waals surface area contributed by atoms with Crippen LogP contribution in [-0.2, 0) is 7.05 Å². The zero-order valence-corrected chi connectivity index (χ0v) is 10.6. The van der Waals surface area contributed by atoms with Gasteiger partial charge in [-0.3, -0.25) is 4.68 Å². The molecule has 1 atom stereocenters. The highest BCUT2D eigenvalue weighted by Crippen LogP contribution is 2.23. The fourth-order valence-electron chi connectivity index (χ4n) is 1.87. The maximum Gasteiger partial charge on any atom is 0.125 e. The molecule has 2 aromatic heterocycles.